The third-order valence-corrected chi connectivity index (χ3v) is 4.04. The molecule has 1 N–H and O–H groups in total. The largest absolute Gasteiger partial charge is 0.462 e. The molecule has 26 heavy (non-hydrogen) atoms. The van der Waals surface area contributed by atoms with E-state index in [1.165, 1.54) is 4.90 Å². The first-order chi connectivity index (χ1) is 12.1. The molecule has 1 amide bonds. The van der Waals surface area contributed by atoms with Crippen LogP contribution < -0.4 is 0 Å². The lowest BCUT2D eigenvalue weighted by molar-refractivity contribution is 0.0190. The van der Waals surface area contributed by atoms with Gasteiger partial charge in [0.1, 0.15) is 6.23 Å². The van der Waals surface area contributed by atoms with Crippen LogP contribution in [0.25, 0.3) is 0 Å². The van der Waals surface area contributed by atoms with Gasteiger partial charge in [0.25, 0.3) is 5.91 Å². The number of rotatable bonds is 8. The minimum absolute atomic E-state index is 0.157. The molecule has 0 aliphatic carbocycles. The average molecular weight is 363 g/mol. The molecule has 0 aromatic heterocycles. The number of aryl methyl sites for hydroxylation is 1. The van der Waals surface area contributed by atoms with Crippen molar-refractivity contribution >= 4 is 11.9 Å². The number of aliphatic hydroxyl groups excluding tert-OH is 1. The lowest BCUT2D eigenvalue weighted by Gasteiger charge is -2.25. The fourth-order valence-corrected chi connectivity index (χ4v) is 2.57. The van der Waals surface area contributed by atoms with E-state index in [9.17, 15) is 14.7 Å². The van der Waals surface area contributed by atoms with Crippen LogP contribution in [0, 0.1) is 5.41 Å². The zero-order chi connectivity index (χ0) is 19.9. The first-order valence-corrected chi connectivity index (χ1v) is 9.39. The molecule has 0 bridgehead atoms. The summed E-state index contributed by atoms with van der Waals surface area (Å²) in [7, 11) is 0. The second kappa shape index (κ2) is 9.72. The van der Waals surface area contributed by atoms with Crippen LogP contribution in [0.4, 0.5) is 0 Å². The SMILES string of the molecule is CCCCc1ccc(C(=O)OCC(C)(C)C)c(C(=O)N(CC)C(C)O)c1. The highest BCUT2D eigenvalue weighted by Crippen LogP contribution is 2.20. The minimum atomic E-state index is -0.926. The molecular weight excluding hydrogens is 330 g/mol. The molecule has 0 saturated carbocycles. The highest BCUT2D eigenvalue weighted by molar-refractivity contribution is 6.05. The van der Waals surface area contributed by atoms with E-state index in [1.807, 2.05) is 26.8 Å². The molecule has 0 saturated heterocycles. The number of esters is 1. The van der Waals surface area contributed by atoms with Crippen molar-refractivity contribution in [2.45, 2.75) is 67.0 Å². The molecule has 0 heterocycles. The summed E-state index contributed by atoms with van der Waals surface area (Å²) in [6, 6.07) is 5.30. The van der Waals surface area contributed by atoms with Crippen LogP contribution in [-0.2, 0) is 11.2 Å². The number of amides is 1. The molecular formula is C21H33NO4. The van der Waals surface area contributed by atoms with Crippen molar-refractivity contribution in [2.24, 2.45) is 5.41 Å². The predicted octanol–water partition coefficient (Wildman–Crippen LogP) is 4.03. The first-order valence-electron chi connectivity index (χ1n) is 9.39. The van der Waals surface area contributed by atoms with E-state index in [2.05, 4.69) is 6.92 Å². The molecule has 146 valence electrons. The molecule has 0 radical (unpaired) electrons. The lowest BCUT2D eigenvalue weighted by Crippen LogP contribution is -2.39. The summed E-state index contributed by atoms with van der Waals surface area (Å²) >= 11 is 0. The van der Waals surface area contributed by atoms with E-state index in [0.29, 0.717) is 12.1 Å². The van der Waals surface area contributed by atoms with E-state index in [0.717, 1.165) is 24.8 Å². The van der Waals surface area contributed by atoms with Crippen LogP contribution in [0.2, 0.25) is 0 Å². The van der Waals surface area contributed by atoms with Gasteiger partial charge in [0.15, 0.2) is 0 Å². The van der Waals surface area contributed by atoms with Gasteiger partial charge in [-0.1, -0.05) is 40.2 Å². The van der Waals surface area contributed by atoms with Crippen LogP contribution in [-0.4, -0.2) is 41.3 Å². The highest BCUT2D eigenvalue weighted by atomic mass is 16.5. The predicted molar refractivity (Wildman–Crippen MR) is 103 cm³/mol. The molecule has 0 fully saturated rings. The smallest absolute Gasteiger partial charge is 0.338 e. The zero-order valence-corrected chi connectivity index (χ0v) is 17.0. The minimum Gasteiger partial charge on any atom is -0.462 e. The number of benzene rings is 1. The van der Waals surface area contributed by atoms with Crippen molar-refractivity contribution in [3.63, 3.8) is 0 Å². The molecule has 5 heteroatoms. The fraction of sp³-hybridized carbons (Fsp3) is 0.619. The summed E-state index contributed by atoms with van der Waals surface area (Å²) in [6.45, 7) is 12.0. The Morgan fingerprint density at radius 1 is 1.19 bits per heavy atom. The normalized spacial score (nSPS) is 12.6. The van der Waals surface area contributed by atoms with Gasteiger partial charge in [-0.2, -0.15) is 0 Å². The Hall–Kier alpha value is -1.88. The molecule has 0 spiro atoms. The van der Waals surface area contributed by atoms with E-state index in [4.69, 9.17) is 4.74 Å². The van der Waals surface area contributed by atoms with Gasteiger partial charge in [0, 0.05) is 6.54 Å². The van der Waals surface area contributed by atoms with Crippen molar-refractivity contribution in [2.75, 3.05) is 13.2 Å². The number of carbonyl (C=O) groups is 2. The van der Waals surface area contributed by atoms with E-state index in [-0.39, 0.29) is 23.5 Å². The quantitative estimate of drug-likeness (QED) is 0.559. The number of hydrogen-bond acceptors (Lipinski definition) is 4. The van der Waals surface area contributed by atoms with Crippen molar-refractivity contribution in [3.05, 3.63) is 34.9 Å². The molecule has 1 atom stereocenters. The summed E-state index contributed by atoms with van der Waals surface area (Å²) in [4.78, 5) is 26.8. The van der Waals surface area contributed by atoms with Crippen LogP contribution >= 0.6 is 0 Å². The highest BCUT2D eigenvalue weighted by Gasteiger charge is 2.25. The van der Waals surface area contributed by atoms with Crippen molar-refractivity contribution in [1.82, 2.24) is 4.90 Å². The fourth-order valence-electron chi connectivity index (χ4n) is 2.57. The monoisotopic (exact) mass is 363 g/mol. The summed E-state index contributed by atoms with van der Waals surface area (Å²) in [5, 5.41) is 9.88. The topological polar surface area (TPSA) is 66.8 Å². The second-order valence-electron chi connectivity index (χ2n) is 7.84. The zero-order valence-electron chi connectivity index (χ0n) is 17.0. The number of aliphatic hydroxyl groups is 1. The number of ether oxygens (including phenoxy) is 1. The second-order valence-corrected chi connectivity index (χ2v) is 7.84. The number of hydrogen-bond donors (Lipinski definition) is 1. The third kappa shape index (κ3) is 6.45. The van der Waals surface area contributed by atoms with Crippen LogP contribution in [0.15, 0.2) is 18.2 Å². The molecule has 1 unspecified atom stereocenters. The van der Waals surface area contributed by atoms with Crippen LogP contribution in [0.1, 0.15) is 80.7 Å². The standard InChI is InChI=1S/C21H33NO4/c1-7-9-10-16-11-12-17(20(25)26-14-21(4,5)6)18(13-16)19(24)22(8-2)15(3)23/h11-13,15,23H,7-10,14H2,1-6H3. The Morgan fingerprint density at radius 3 is 2.35 bits per heavy atom. The van der Waals surface area contributed by atoms with Gasteiger partial charge in [-0.25, -0.2) is 4.79 Å². The third-order valence-electron chi connectivity index (χ3n) is 4.04. The molecule has 1 aromatic carbocycles. The molecule has 1 rings (SSSR count). The maximum atomic E-state index is 12.9. The van der Waals surface area contributed by atoms with E-state index < -0.39 is 12.2 Å². The van der Waals surface area contributed by atoms with E-state index in [1.54, 1.807) is 26.0 Å². The van der Waals surface area contributed by atoms with Gasteiger partial charge < -0.3 is 14.7 Å². The van der Waals surface area contributed by atoms with Crippen molar-refractivity contribution in [1.29, 1.82) is 0 Å². The van der Waals surface area contributed by atoms with Gasteiger partial charge >= 0.3 is 5.97 Å². The van der Waals surface area contributed by atoms with Gasteiger partial charge in [-0.3, -0.25) is 4.79 Å². The summed E-state index contributed by atoms with van der Waals surface area (Å²) in [5.74, 6) is -0.865. The Morgan fingerprint density at radius 2 is 1.85 bits per heavy atom. The van der Waals surface area contributed by atoms with Gasteiger partial charge in [0.05, 0.1) is 17.7 Å². The number of unbranched alkanes of at least 4 members (excludes halogenated alkanes) is 1. The Bertz CT molecular complexity index is 617. The van der Waals surface area contributed by atoms with Crippen LogP contribution in [0.5, 0.6) is 0 Å². The number of carbonyl (C=O) groups excluding carboxylic acids is 2. The average Bonchev–Trinajstić information content (AvgIpc) is 2.57. The maximum absolute atomic E-state index is 12.9. The first kappa shape index (κ1) is 22.2. The molecule has 0 aliphatic rings. The van der Waals surface area contributed by atoms with Crippen molar-refractivity contribution in [3.8, 4) is 0 Å². The maximum Gasteiger partial charge on any atom is 0.338 e. The summed E-state index contributed by atoms with van der Waals surface area (Å²) < 4.78 is 5.41. The molecule has 1 aromatic rings. The Kier molecular flexibility index (Phi) is 8.28. The Labute approximate surface area is 157 Å². The van der Waals surface area contributed by atoms with Gasteiger partial charge in [-0.15, -0.1) is 0 Å². The van der Waals surface area contributed by atoms with Crippen LogP contribution in [0.3, 0.4) is 0 Å². The lowest BCUT2D eigenvalue weighted by atomic mass is 9.98. The van der Waals surface area contributed by atoms with E-state index >= 15 is 0 Å². The Balaban J connectivity index is 3.23. The van der Waals surface area contributed by atoms with Gasteiger partial charge in [0.2, 0.25) is 0 Å². The van der Waals surface area contributed by atoms with Crippen molar-refractivity contribution < 1.29 is 19.4 Å². The molecule has 5 nitrogen and oxygen atoms in total. The molecule has 0 aliphatic heterocycles. The summed E-state index contributed by atoms with van der Waals surface area (Å²) in [5.41, 5.74) is 1.39. The summed E-state index contributed by atoms with van der Waals surface area (Å²) in [6.07, 6.45) is 1.97. The number of nitrogens with zero attached hydrogens (tertiary/aromatic N) is 1. The van der Waals surface area contributed by atoms with Gasteiger partial charge in [-0.05, 0) is 49.8 Å².